The Bertz CT molecular complexity index is 614. The number of carbonyl (C=O) groups excluding carboxylic acids is 2. The second-order valence-corrected chi connectivity index (χ2v) is 6.01. The van der Waals surface area contributed by atoms with Gasteiger partial charge in [-0.2, -0.15) is 0 Å². The minimum Gasteiger partial charge on any atom is -0.497 e. The number of rotatable bonds is 7. The molecule has 1 fully saturated rings. The van der Waals surface area contributed by atoms with Gasteiger partial charge in [0, 0.05) is 26.1 Å². The molecule has 1 heterocycles. The first-order chi connectivity index (χ1) is 11.4. The number of carbonyl (C=O) groups is 3. The third-order valence-electron chi connectivity index (χ3n) is 4.12. The highest BCUT2D eigenvalue weighted by atomic mass is 16.5. The lowest BCUT2D eigenvalue weighted by Gasteiger charge is -2.17. The molecule has 1 saturated heterocycles. The number of amides is 2. The van der Waals surface area contributed by atoms with E-state index in [-0.39, 0.29) is 24.8 Å². The Kier molecular flexibility index (Phi) is 5.78. The maximum Gasteiger partial charge on any atom is 0.308 e. The van der Waals surface area contributed by atoms with Gasteiger partial charge in [0.15, 0.2) is 0 Å². The van der Waals surface area contributed by atoms with Gasteiger partial charge in [0.25, 0.3) is 0 Å². The molecule has 130 valence electrons. The predicted octanol–water partition coefficient (Wildman–Crippen LogP) is 0.881. The Morgan fingerprint density at radius 3 is 2.62 bits per heavy atom. The van der Waals surface area contributed by atoms with Crippen molar-refractivity contribution in [2.24, 2.45) is 11.8 Å². The number of hydrogen-bond acceptors (Lipinski definition) is 4. The molecule has 2 amide bonds. The van der Waals surface area contributed by atoms with Gasteiger partial charge in [0.1, 0.15) is 5.75 Å². The number of carboxylic acids is 1. The van der Waals surface area contributed by atoms with Gasteiger partial charge in [-0.25, -0.2) is 0 Å². The molecular formula is C17H22N2O5. The summed E-state index contributed by atoms with van der Waals surface area (Å²) in [6, 6.07) is 7.42. The highest BCUT2D eigenvalue weighted by Crippen LogP contribution is 2.21. The average Bonchev–Trinajstić information content (AvgIpc) is 2.93. The molecule has 2 rings (SSSR count). The van der Waals surface area contributed by atoms with Gasteiger partial charge in [-0.05, 0) is 17.7 Å². The summed E-state index contributed by atoms with van der Waals surface area (Å²) in [6.45, 7) is 2.38. The summed E-state index contributed by atoms with van der Waals surface area (Å²) in [7, 11) is 1.59. The zero-order valence-corrected chi connectivity index (χ0v) is 13.8. The standard InChI is InChI=1S/C17H22N2O5/c1-11(17(22)23)8-18-16(21)13-7-15(20)19(10-13)9-12-3-5-14(24-2)6-4-12/h3-6,11,13H,7-10H2,1-2H3,(H,18,21)(H,22,23). The summed E-state index contributed by atoms with van der Waals surface area (Å²) in [5, 5.41) is 11.4. The molecule has 0 aromatic heterocycles. The predicted molar refractivity (Wildman–Crippen MR) is 86.3 cm³/mol. The Morgan fingerprint density at radius 2 is 2.04 bits per heavy atom. The number of ether oxygens (including phenoxy) is 1. The van der Waals surface area contributed by atoms with E-state index in [0.717, 1.165) is 11.3 Å². The molecule has 1 aromatic rings. The van der Waals surface area contributed by atoms with Gasteiger partial charge in [0.05, 0.1) is 18.9 Å². The minimum atomic E-state index is -0.959. The van der Waals surface area contributed by atoms with Crippen LogP contribution in [-0.2, 0) is 20.9 Å². The molecule has 0 aliphatic carbocycles. The minimum absolute atomic E-state index is 0.0668. The monoisotopic (exact) mass is 334 g/mol. The second kappa shape index (κ2) is 7.81. The van der Waals surface area contributed by atoms with Crippen LogP contribution in [0, 0.1) is 11.8 Å². The fraction of sp³-hybridized carbons (Fsp3) is 0.471. The van der Waals surface area contributed by atoms with Crippen LogP contribution in [0.4, 0.5) is 0 Å². The highest BCUT2D eigenvalue weighted by molar-refractivity contribution is 5.89. The maximum absolute atomic E-state index is 12.1. The van der Waals surface area contributed by atoms with Crippen LogP contribution >= 0.6 is 0 Å². The van der Waals surface area contributed by atoms with E-state index in [1.54, 1.807) is 12.0 Å². The first-order valence-electron chi connectivity index (χ1n) is 7.82. The van der Waals surface area contributed by atoms with Gasteiger partial charge in [-0.1, -0.05) is 19.1 Å². The van der Waals surface area contributed by atoms with Crippen LogP contribution in [0.1, 0.15) is 18.9 Å². The van der Waals surface area contributed by atoms with Crippen molar-refractivity contribution < 1.29 is 24.2 Å². The van der Waals surface area contributed by atoms with E-state index in [2.05, 4.69) is 5.32 Å². The first-order valence-corrected chi connectivity index (χ1v) is 7.82. The number of hydrogen-bond donors (Lipinski definition) is 2. The molecule has 7 heteroatoms. The summed E-state index contributed by atoms with van der Waals surface area (Å²) >= 11 is 0. The zero-order chi connectivity index (χ0) is 17.7. The number of carboxylic acid groups (broad SMARTS) is 1. The Balaban J connectivity index is 1.87. The molecule has 2 N–H and O–H groups in total. The number of aliphatic carboxylic acids is 1. The highest BCUT2D eigenvalue weighted by Gasteiger charge is 2.34. The van der Waals surface area contributed by atoms with Gasteiger partial charge in [-0.3, -0.25) is 14.4 Å². The van der Waals surface area contributed by atoms with Crippen molar-refractivity contribution in [3.63, 3.8) is 0 Å². The van der Waals surface area contributed by atoms with Crippen molar-refractivity contribution in [2.75, 3.05) is 20.2 Å². The van der Waals surface area contributed by atoms with E-state index in [4.69, 9.17) is 9.84 Å². The Hall–Kier alpha value is -2.57. The fourth-order valence-corrected chi connectivity index (χ4v) is 2.54. The van der Waals surface area contributed by atoms with Crippen LogP contribution in [0.25, 0.3) is 0 Å². The smallest absolute Gasteiger partial charge is 0.308 e. The van der Waals surface area contributed by atoms with E-state index in [1.165, 1.54) is 6.92 Å². The van der Waals surface area contributed by atoms with Crippen molar-refractivity contribution in [1.82, 2.24) is 10.2 Å². The second-order valence-electron chi connectivity index (χ2n) is 6.01. The molecule has 1 aromatic carbocycles. The lowest BCUT2D eigenvalue weighted by atomic mass is 10.1. The number of benzene rings is 1. The molecule has 1 aliphatic rings. The first kappa shape index (κ1) is 17.8. The van der Waals surface area contributed by atoms with Crippen LogP contribution in [0.15, 0.2) is 24.3 Å². The summed E-state index contributed by atoms with van der Waals surface area (Å²) in [4.78, 5) is 36.6. The van der Waals surface area contributed by atoms with Crippen LogP contribution < -0.4 is 10.1 Å². The van der Waals surface area contributed by atoms with Crippen LogP contribution in [0.2, 0.25) is 0 Å². The summed E-state index contributed by atoms with van der Waals surface area (Å²) < 4.78 is 5.10. The molecule has 7 nitrogen and oxygen atoms in total. The van der Waals surface area contributed by atoms with Gasteiger partial charge >= 0.3 is 5.97 Å². The quantitative estimate of drug-likeness (QED) is 0.772. The van der Waals surface area contributed by atoms with E-state index < -0.39 is 17.8 Å². The fourth-order valence-electron chi connectivity index (χ4n) is 2.54. The van der Waals surface area contributed by atoms with Crippen LogP contribution in [-0.4, -0.2) is 48.0 Å². The molecule has 2 unspecified atom stereocenters. The lowest BCUT2D eigenvalue weighted by molar-refractivity contribution is -0.141. The van der Waals surface area contributed by atoms with E-state index in [0.29, 0.717) is 13.1 Å². The number of nitrogens with zero attached hydrogens (tertiary/aromatic N) is 1. The van der Waals surface area contributed by atoms with E-state index in [1.807, 2.05) is 24.3 Å². The Labute approximate surface area is 140 Å². The summed E-state index contributed by atoms with van der Waals surface area (Å²) in [5.74, 6) is -1.64. The third kappa shape index (κ3) is 4.47. The normalized spacial score (nSPS) is 18.3. The molecule has 2 atom stereocenters. The molecule has 0 spiro atoms. The molecule has 24 heavy (non-hydrogen) atoms. The third-order valence-corrected chi connectivity index (χ3v) is 4.12. The number of methoxy groups -OCH3 is 1. The van der Waals surface area contributed by atoms with E-state index >= 15 is 0 Å². The lowest BCUT2D eigenvalue weighted by Crippen LogP contribution is -2.36. The van der Waals surface area contributed by atoms with E-state index in [9.17, 15) is 14.4 Å². The molecule has 0 radical (unpaired) electrons. The van der Waals surface area contributed by atoms with Crippen molar-refractivity contribution in [3.8, 4) is 5.75 Å². The summed E-state index contributed by atoms with van der Waals surface area (Å²) in [6.07, 6.45) is 0.156. The van der Waals surface area contributed by atoms with Crippen molar-refractivity contribution in [2.45, 2.75) is 19.9 Å². The molecule has 0 saturated carbocycles. The Morgan fingerprint density at radius 1 is 1.38 bits per heavy atom. The average molecular weight is 334 g/mol. The largest absolute Gasteiger partial charge is 0.497 e. The molecular weight excluding hydrogens is 312 g/mol. The molecule has 1 aliphatic heterocycles. The maximum atomic E-state index is 12.1. The summed E-state index contributed by atoms with van der Waals surface area (Å²) in [5.41, 5.74) is 0.963. The van der Waals surface area contributed by atoms with Crippen molar-refractivity contribution in [3.05, 3.63) is 29.8 Å². The zero-order valence-electron chi connectivity index (χ0n) is 13.8. The van der Waals surface area contributed by atoms with Gasteiger partial charge in [-0.15, -0.1) is 0 Å². The van der Waals surface area contributed by atoms with Crippen molar-refractivity contribution >= 4 is 17.8 Å². The van der Waals surface area contributed by atoms with Crippen LogP contribution in [0.5, 0.6) is 5.75 Å². The van der Waals surface area contributed by atoms with Gasteiger partial charge < -0.3 is 20.1 Å². The van der Waals surface area contributed by atoms with Gasteiger partial charge in [0.2, 0.25) is 11.8 Å². The SMILES string of the molecule is COc1ccc(CN2CC(C(=O)NCC(C)C(=O)O)CC2=O)cc1. The number of likely N-dealkylation sites (tertiary alicyclic amines) is 1. The topological polar surface area (TPSA) is 95.9 Å². The van der Waals surface area contributed by atoms with Crippen molar-refractivity contribution in [1.29, 1.82) is 0 Å². The number of nitrogens with one attached hydrogen (secondary N) is 1. The molecule has 0 bridgehead atoms. The van der Waals surface area contributed by atoms with Crippen LogP contribution in [0.3, 0.4) is 0 Å².